The zero-order chi connectivity index (χ0) is 15.9. The number of ether oxygens (including phenoxy) is 1. The summed E-state index contributed by atoms with van der Waals surface area (Å²) in [4.78, 5) is 25.0. The van der Waals surface area contributed by atoms with Crippen molar-refractivity contribution < 1.29 is 14.3 Å². The lowest BCUT2D eigenvalue weighted by molar-refractivity contribution is -0.127. The monoisotopic (exact) mass is 304 g/mol. The third-order valence-electron chi connectivity index (χ3n) is 3.79. The predicted octanol–water partition coefficient (Wildman–Crippen LogP) is 1.81. The topological polar surface area (TPSA) is 58.6 Å². The Morgan fingerprint density at radius 1 is 1.36 bits per heavy atom. The van der Waals surface area contributed by atoms with Crippen LogP contribution in [0.5, 0.6) is 5.75 Å². The van der Waals surface area contributed by atoms with Gasteiger partial charge in [0.25, 0.3) is 5.91 Å². The van der Waals surface area contributed by atoms with E-state index in [1.165, 1.54) is 5.56 Å². The van der Waals surface area contributed by atoms with Gasteiger partial charge in [0.05, 0.1) is 0 Å². The van der Waals surface area contributed by atoms with Crippen LogP contribution in [0.1, 0.15) is 30.4 Å². The summed E-state index contributed by atoms with van der Waals surface area (Å²) >= 11 is 0. The summed E-state index contributed by atoms with van der Waals surface area (Å²) in [5.74, 6) is 0.834. The number of hydrogen-bond acceptors (Lipinski definition) is 3. The molecule has 0 aliphatic carbocycles. The number of carbonyl (C=O) groups excluding carboxylic acids is 2. The molecular weight excluding hydrogens is 280 g/mol. The Kier molecular flexibility index (Phi) is 5.81. The van der Waals surface area contributed by atoms with Gasteiger partial charge in [0, 0.05) is 26.1 Å². The van der Waals surface area contributed by atoms with Crippen molar-refractivity contribution in [3.05, 3.63) is 29.3 Å². The summed E-state index contributed by atoms with van der Waals surface area (Å²) in [5, 5.41) is 2.82. The average molecular weight is 304 g/mol. The molecule has 1 aromatic rings. The van der Waals surface area contributed by atoms with Crippen LogP contribution in [-0.4, -0.2) is 43.0 Å². The molecule has 0 bridgehead atoms. The molecule has 0 radical (unpaired) electrons. The Morgan fingerprint density at radius 3 is 2.86 bits per heavy atom. The first-order chi connectivity index (χ1) is 10.6. The molecule has 0 saturated carbocycles. The molecule has 1 aromatic carbocycles. The Hall–Kier alpha value is -2.04. The van der Waals surface area contributed by atoms with Crippen molar-refractivity contribution in [2.75, 3.05) is 26.2 Å². The van der Waals surface area contributed by atoms with E-state index in [0.29, 0.717) is 13.0 Å². The fourth-order valence-corrected chi connectivity index (χ4v) is 2.59. The summed E-state index contributed by atoms with van der Waals surface area (Å²) in [6.07, 6.45) is 2.39. The zero-order valence-electron chi connectivity index (χ0n) is 13.4. The summed E-state index contributed by atoms with van der Waals surface area (Å²) in [6.45, 7) is 6.15. The molecule has 2 rings (SSSR count). The lowest BCUT2D eigenvalue weighted by Crippen LogP contribution is -2.33. The number of nitrogens with zero attached hydrogens (tertiary/aromatic N) is 1. The third kappa shape index (κ3) is 4.76. The number of aryl methyl sites for hydroxylation is 2. The summed E-state index contributed by atoms with van der Waals surface area (Å²) < 4.78 is 5.52. The van der Waals surface area contributed by atoms with E-state index in [1.54, 1.807) is 0 Å². The summed E-state index contributed by atoms with van der Waals surface area (Å²) in [6, 6.07) is 5.88. The zero-order valence-corrected chi connectivity index (χ0v) is 13.4. The van der Waals surface area contributed by atoms with Crippen LogP contribution in [0.25, 0.3) is 0 Å². The average Bonchev–Trinajstić information content (AvgIpc) is 2.88. The molecule has 1 N–H and O–H groups in total. The minimum atomic E-state index is -0.132. The Labute approximate surface area is 131 Å². The van der Waals surface area contributed by atoms with Crippen LogP contribution in [0.2, 0.25) is 0 Å². The lowest BCUT2D eigenvalue weighted by atomic mass is 10.1. The van der Waals surface area contributed by atoms with E-state index in [1.807, 2.05) is 36.9 Å². The van der Waals surface area contributed by atoms with E-state index in [2.05, 4.69) is 5.32 Å². The molecule has 1 aliphatic heterocycles. The van der Waals surface area contributed by atoms with Gasteiger partial charge in [-0.15, -0.1) is 0 Å². The standard InChI is InChI=1S/C17H24N2O3/c1-13-6-7-15(14(2)11-13)22-12-16(20)18-8-4-10-19-9-3-5-17(19)21/h6-7,11H,3-5,8-10,12H2,1-2H3,(H,18,20). The van der Waals surface area contributed by atoms with Crippen molar-refractivity contribution in [2.45, 2.75) is 33.1 Å². The highest BCUT2D eigenvalue weighted by Gasteiger charge is 2.18. The van der Waals surface area contributed by atoms with E-state index < -0.39 is 0 Å². The molecule has 22 heavy (non-hydrogen) atoms. The second kappa shape index (κ2) is 7.82. The molecule has 5 heteroatoms. The largest absolute Gasteiger partial charge is 0.484 e. The van der Waals surface area contributed by atoms with Crippen molar-refractivity contribution in [1.29, 1.82) is 0 Å². The highest BCUT2D eigenvalue weighted by atomic mass is 16.5. The Bertz CT molecular complexity index is 543. The van der Waals surface area contributed by atoms with Crippen molar-refractivity contribution in [2.24, 2.45) is 0 Å². The molecule has 1 fully saturated rings. The number of carbonyl (C=O) groups is 2. The number of hydrogen-bond donors (Lipinski definition) is 1. The summed E-state index contributed by atoms with van der Waals surface area (Å²) in [5.41, 5.74) is 2.20. The van der Waals surface area contributed by atoms with Gasteiger partial charge in [-0.2, -0.15) is 0 Å². The van der Waals surface area contributed by atoms with Crippen molar-refractivity contribution >= 4 is 11.8 Å². The molecular formula is C17H24N2O3. The van der Waals surface area contributed by atoms with Gasteiger partial charge in [-0.3, -0.25) is 9.59 Å². The smallest absolute Gasteiger partial charge is 0.257 e. The van der Waals surface area contributed by atoms with Gasteiger partial charge in [0.15, 0.2) is 6.61 Å². The van der Waals surface area contributed by atoms with Gasteiger partial charge < -0.3 is 15.0 Å². The number of amides is 2. The third-order valence-corrected chi connectivity index (χ3v) is 3.79. The van der Waals surface area contributed by atoms with Crippen LogP contribution >= 0.6 is 0 Å². The first-order valence-corrected chi connectivity index (χ1v) is 7.81. The molecule has 0 unspecified atom stereocenters. The number of nitrogens with one attached hydrogen (secondary N) is 1. The molecule has 0 atom stereocenters. The van der Waals surface area contributed by atoms with Crippen LogP contribution in [0.3, 0.4) is 0 Å². The maximum Gasteiger partial charge on any atom is 0.257 e. The quantitative estimate of drug-likeness (QED) is 0.782. The first-order valence-electron chi connectivity index (χ1n) is 7.81. The molecule has 2 amide bonds. The van der Waals surface area contributed by atoms with Crippen LogP contribution in [0.15, 0.2) is 18.2 Å². The van der Waals surface area contributed by atoms with Gasteiger partial charge in [0.2, 0.25) is 5.91 Å². The van der Waals surface area contributed by atoms with E-state index in [9.17, 15) is 9.59 Å². The van der Waals surface area contributed by atoms with Crippen LogP contribution in [-0.2, 0) is 9.59 Å². The highest BCUT2D eigenvalue weighted by molar-refractivity contribution is 5.78. The maximum atomic E-state index is 11.7. The van der Waals surface area contributed by atoms with E-state index >= 15 is 0 Å². The molecule has 1 saturated heterocycles. The first kappa shape index (κ1) is 16.3. The molecule has 5 nitrogen and oxygen atoms in total. The van der Waals surface area contributed by atoms with Gasteiger partial charge in [-0.05, 0) is 38.3 Å². The van der Waals surface area contributed by atoms with Crippen LogP contribution in [0.4, 0.5) is 0 Å². The normalized spacial score (nSPS) is 14.3. The molecule has 0 aromatic heterocycles. The SMILES string of the molecule is Cc1ccc(OCC(=O)NCCCN2CCCC2=O)c(C)c1. The lowest BCUT2D eigenvalue weighted by Gasteiger charge is -2.15. The van der Waals surface area contributed by atoms with Gasteiger partial charge >= 0.3 is 0 Å². The van der Waals surface area contributed by atoms with E-state index in [4.69, 9.17) is 4.74 Å². The van der Waals surface area contributed by atoms with Gasteiger partial charge in [-0.25, -0.2) is 0 Å². The van der Waals surface area contributed by atoms with Crippen LogP contribution < -0.4 is 10.1 Å². The Balaban J connectivity index is 1.62. The van der Waals surface area contributed by atoms with Crippen molar-refractivity contribution in [3.63, 3.8) is 0 Å². The van der Waals surface area contributed by atoms with Gasteiger partial charge in [0.1, 0.15) is 5.75 Å². The minimum absolute atomic E-state index is 0.0204. The molecule has 1 heterocycles. The summed E-state index contributed by atoms with van der Waals surface area (Å²) in [7, 11) is 0. The molecule has 1 aliphatic rings. The van der Waals surface area contributed by atoms with Crippen molar-refractivity contribution in [1.82, 2.24) is 10.2 Å². The van der Waals surface area contributed by atoms with E-state index in [0.717, 1.165) is 37.2 Å². The van der Waals surface area contributed by atoms with Gasteiger partial charge in [-0.1, -0.05) is 17.7 Å². The highest BCUT2D eigenvalue weighted by Crippen LogP contribution is 2.18. The second-order valence-corrected chi connectivity index (χ2v) is 5.75. The fourth-order valence-electron chi connectivity index (χ4n) is 2.59. The van der Waals surface area contributed by atoms with Crippen molar-refractivity contribution in [3.8, 4) is 5.75 Å². The molecule has 0 spiro atoms. The number of benzene rings is 1. The minimum Gasteiger partial charge on any atom is -0.484 e. The maximum absolute atomic E-state index is 11.7. The number of rotatable bonds is 7. The predicted molar refractivity (Wildman–Crippen MR) is 84.9 cm³/mol. The van der Waals surface area contributed by atoms with E-state index in [-0.39, 0.29) is 18.4 Å². The fraction of sp³-hybridized carbons (Fsp3) is 0.529. The molecule has 120 valence electrons. The van der Waals surface area contributed by atoms with Crippen LogP contribution in [0, 0.1) is 13.8 Å². The number of likely N-dealkylation sites (tertiary alicyclic amines) is 1. The second-order valence-electron chi connectivity index (χ2n) is 5.75. The Morgan fingerprint density at radius 2 is 2.18 bits per heavy atom.